The molecular formula is C20H16ClFN2O2S. The zero-order valence-corrected chi connectivity index (χ0v) is 15.8. The summed E-state index contributed by atoms with van der Waals surface area (Å²) in [6.07, 6.45) is 1.82. The minimum Gasteiger partial charge on any atom is -0.489 e. The summed E-state index contributed by atoms with van der Waals surface area (Å²) in [5, 5.41) is 6.20. The van der Waals surface area contributed by atoms with Gasteiger partial charge < -0.3 is 4.74 Å². The van der Waals surface area contributed by atoms with Crippen LogP contribution in [-0.4, -0.2) is 12.1 Å². The third-order valence-corrected chi connectivity index (χ3v) is 4.85. The molecule has 0 saturated heterocycles. The van der Waals surface area contributed by atoms with Crippen LogP contribution in [0.1, 0.15) is 16.0 Å². The molecule has 7 heteroatoms. The fourth-order valence-electron chi connectivity index (χ4n) is 2.30. The molecule has 0 radical (unpaired) electrons. The van der Waals surface area contributed by atoms with Crippen LogP contribution >= 0.6 is 22.9 Å². The highest BCUT2D eigenvalue weighted by atomic mass is 35.5. The van der Waals surface area contributed by atoms with Crippen molar-refractivity contribution in [1.29, 1.82) is 0 Å². The Kier molecular flexibility index (Phi) is 6.57. The van der Waals surface area contributed by atoms with Gasteiger partial charge in [-0.15, -0.1) is 11.3 Å². The molecule has 0 fully saturated rings. The monoisotopic (exact) mass is 402 g/mol. The molecule has 0 atom stereocenters. The van der Waals surface area contributed by atoms with Gasteiger partial charge in [0.05, 0.1) is 17.7 Å². The summed E-state index contributed by atoms with van der Waals surface area (Å²) in [7, 11) is 0. The Morgan fingerprint density at radius 1 is 1.22 bits per heavy atom. The summed E-state index contributed by atoms with van der Waals surface area (Å²) in [5.41, 5.74) is 3.54. The maximum absolute atomic E-state index is 13.8. The Morgan fingerprint density at radius 3 is 2.85 bits per heavy atom. The molecule has 138 valence electrons. The van der Waals surface area contributed by atoms with Crippen LogP contribution < -0.4 is 10.2 Å². The van der Waals surface area contributed by atoms with Crippen LogP contribution in [0.5, 0.6) is 5.75 Å². The van der Waals surface area contributed by atoms with E-state index in [1.807, 2.05) is 23.6 Å². The number of hydrogen-bond donors (Lipinski definition) is 1. The van der Waals surface area contributed by atoms with Crippen molar-refractivity contribution in [2.24, 2.45) is 5.10 Å². The minimum absolute atomic E-state index is 0.0175. The number of hydrogen-bond acceptors (Lipinski definition) is 4. The molecule has 1 N–H and O–H groups in total. The number of thiophene rings is 1. The van der Waals surface area contributed by atoms with Crippen molar-refractivity contribution >= 4 is 35.1 Å². The number of ether oxygens (including phenoxy) is 1. The van der Waals surface area contributed by atoms with E-state index in [2.05, 4.69) is 10.5 Å². The van der Waals surface area contributed by atoms with Crippen LogP contribution in [-0.2, 0) is 17.8 Å². The largest absolute Gasteiger partial charge is 0.489 e. The predicted octanol–water partition coefficient (Wildman–Crippen LogP) is 4.81. The highest BCUT2D eigenvalue weighted by Gasteiger charge is 2.08. The molecule has 0 aliphatic rings. The molecule has 0 aliphatic carbocycles. The number of nitrogens with one attached hydrogen (secondary N) is 1. The highest BCUT2D eigenvalue weighted by Crippen LogP contribution is 2.21. The quantitative estimate of drug-likeness (QED) is 0.455. The number of carbonyl (C=O) groups excluding carboxylic acids is 1. The Bertz CT molecular complexity index is 925. The van der Waals surface area contributed by atoms with Crippen LogP contribution in [0.15, 0.2) is 65.1 Å². The first-order chi connectivity index (χ1) is 13.1. The molecule has 27 heavy (non-hydrogen) atoms. The van der Waals surface area contributed by atoms with Gasteiger partial charge in [-0.25, -0.2) is 9.82 Å². The summed E-state index contributed by atoms with van der Waals surface area (Å²) in [5.74, 6) is -0.0489. The van der Waals surface area contributed by atoms with Crippen molar-refractivity contribution in [3.8, 4) is 5.75 Å². The molecule has 0 unspecified atom stereocenters. The van der Waals surface area contributed by atoms with Gasteiger partial charge >= 0.3 is 0 Å². The number of rotatable bonds is 7. The number of hydrazone groups is 1. The fraction of sp³-hybridized carbons (Fsp3) is 0.100. The maximum atomic E-state index is 13.8. The first-order valence-corrected chi connectivity index (χ1v) is 9.37. The van der Waals surface area contributed by atoms with Gasteiger partial charge in [0.25, 0.3) is 0 Å². The second-order valence-electron chi connectivity index (χ2n) is 5.61. The smallest absolute Gasteiger partial charge is 0.245 e. The summed E-state index contributed by atoms with van der Waals surface area (Å²) < 4.78 is 19.4. The van der Waals surface area contributed by atoms with Crippen molar-refractivity contribution in [2.45, 2.75) is 13.0 Å². The van der Waals surface area contributed by atoms with E-state index in [0.29, 0.717) is 22.8 Å². The average Bonchev–Trinajstić information content (AvgIpc) is 3.14. The third kappa shape index (κ3) is 5.64. The summed E-state index contributed by atoms with van der Waals surface area (Å²) in [6, 6.07) is 15.4. The van der Waals surface area contributed by atoms with Gasteiger partial charge in [0.1, 0.15) is 18.2 Å². The second-order valence-corrected chi connectivity index (χ2v) is 7.05. The molecular weight excluding hydrogens is 387 g/mol. The lowest BCUT2D eigenvalue weighted by Crippen LogP contribution is -2.19. The number of halogens is 2. The van der Waals surface area contributed by atoms with Crippen LogP contribution in [0, 0.1) is 5.82 Å². The standard InChI is InChI=1S/C20H16ClFN2O2S/c21-18-7-2-8-19(22)17(18)13-26-15-5-1-4-14(10-15)12-23-24-20(25)11-16-6-3-9-27-16/h1-10,12H,11,13H2,(H,24,25)/b23-12-. The Hall–Kier alpha value is -2.70. The van der Waals surface area contributed by atoms with Crippen LogP contribution in [0.3, 0.4) is 0 Å². The summed E-state index contributed by atoms with van der Waals surface area (Å²) in [4.78, 5) is 12.8. The molecule has 4 nitrogen and oxygen atoms in total. The second kappa shape index (κ2) is 9.30. The lowest BCUT2D eigenvalue weighted by atomic mass is 10.2. The third-order valence-electron chi connectivity index (χ3n) is 3.62. The predicted molar refractivity (Wildman–Crippen MR) is 106 cm³/mol. The average molecular weight is 403 g/mol. The minimum atomic E-state index is -0.409. The van der Waals surface area contributed by atoms with E-state index in [1.54, 1.807) is 30.3 Å². The van der Waals surface area contributed by atoms with Crippen molar-refractivity contribution in [3.05, 3.63) is 86.8 Å². The van der Waals surface area contributed by atoms with Gasteiger partial charge in [-0.1, -0.05) is 35.9 Å². The first-order valence-electron chi connectivity index (χ1n) is 8.12. The van der Waals surface area contributed by atoms with E-state index in [0.717, 1.165) is 10.4 Å². The molecule has 0 bridgehead atoms. The summed E-state index contributed by atoms with van der Waals surface area (Å²) in [6.45, 7) is 0.0175. The molecule has 1 amide bonds. The zero-order valence-electron chi connectivity index (χ0n) is 14.2. The van der Waals surface area contributed by atoms with Crippen molar-refractivity contribution in [1.82, 2.24) is 5.43 Å². The Balaban J connectivity index is 1.56. The molecule has 0 saturated carbocycles. The van der Waals surface area contributed by atoms with E-state index < -0.39 is 5.82 Å². The van der Waals surface area contributed by atoms with Gasteiger partial charge in [0.15, 0.2) is 0 Å². The summed E-state index contributed by atoms with van der Waals surface area (Å²) >= 11 is 7.52. The molecule has 3 aromatic rings. The van der Waals surface area contributed by atoms with Crippen LogP contribution in [0.4, 0.5) is 4.39 Å². The topological polar surface area (TPSA) is 50.7 Å². The van der Waals surface area contributed by atoms with E-state index >= 15 is 0 Å². The zero-order chi connectivity index (χ0) is 19.1. The van der Waals surface area contributed by atoms with Gasteiger partial charge in [-0.05, 0) is 41.3 Å². The fourth-order valence-corrected chi connectivity index (χ4v) is 3.22. The van der Waals surface area contributed by atoms with Gasteiger partial charge in [0.2, 0.25) is 5.91 Å². The lowest BCUT2D eigenvalue weighted by molar-refractivity contribution is -0.120. The molecule has 1 aromatic heterocycles. The van der Waals surface area contributed by atoms with Gasteiger partial charge in [0, 0.05) is 10.4 Å². The SMILES string of the molecule is O=C(Cc1cccs1)N/N=C\c1cccc(OCc2c(F)cccc2Cl)c1. The van der Waals surface area contributed by atoms with Crippen LogP contribution in [0.2, 0.25) is 5.02 Å². The number of benzene rings is 2. The molecule has 0 aliphatic heterocycles. The maximum Gasteiger partial charge on any atom is 0.245 e. The molecule has 3 rings (SSSR count). The normalized spacial score (nSPS) is 10.9. The van der Waals surface area contributed by atoms with E-state index in [-0.39, 0.29) is 12.5 Å². The first kappa shape index (κ1) is 19.1. The molecule has 0 spiro atoms. The van der Waals surface area contributed by atoms with Crippen molar-refractivity contribution in [3.63, 3.8) is 0 Å². The van der Waals surface area contributed by atoms with E-state index in [9.17, 15) is 9.18 Å². The molecule has 2 aromatic carbocycles. The van der Waals surface area contributed by atoms with Crippen molar-refractivity contribution in [2.75, 3.05) is 0 Å². The number of carbonyl (C=O) groups is 1. The Labute approximate surface area is 165 Å². The van der Waals surface area contributed by atoms with E-state index in [1.165, 1.54) is 23.6 Å². The number of nitrogens with zero attached hydrogens (tertiary/aromatic N) is 1. The molecule has 1 heterocycles. The van der Waals surface area contributed by atoms with Crippen LogP contribution in [0.25, 0.3) is 0 Å². The lowest BCUT2D eigenvalue weighted by Gasteiger charge is -2.09. The van der Waals surface area contributed by atoms with Gasteiger partial charge in [-0.3, -0.25) is 4.79 Å². The Morgan fingerprint density at radius 2 is 2.07 bits per heavy atom. The number of amides is 1. The highest BCUT2D eigenvalue weighted by molar-refractivity contribution is 7.10. The van der Waals surface area contributed by atoms with E-state index in [4.69, 9.17) is 16.3 Å². The van der Waals surface area contributed by atoms with Gasteiger partial charge in [-0.2, -0.15) is 5.10 Å². The van der Waals surface area contributed by atoms with Crippen molar-refractivity contribution < 1.29 is 13.9 Å².